The quantitative estimate of drug-likeness (QED) is 0.849. The smallest absolute Gasteiger partial charge is 0.242 e. The third kappa shape index (κ3) is 3.35. The summed E-state index contributed by atoms with van der Waals surface area (Å²) >= 11 is 1.70. The summed E-state index contributed by atoms with van der Waals surface area (Å²) in [6, 6.07) is 4.25. The molecule has 0 bridgehead atoms. The number of hydrogen-bond donors (Lipinski definition) is 2. The first-order valence-corrected chi connectivity index (χ1v) is 7.13. The lowest BCUT2D eigenvalue weighted by atomic mass is 10.2. The van der Waals surface area contributed by atoms with Crippen LogP contribution in [-0.4, -0.2) is 16.6 Å². The zero-order valence-corrected chi connectivity index (χ0v) is 11.9. The largest absolute Gasteiger partial charge is 0.476 e. The first-order valence-electron chi connectivity index (χ1n) is 6.25. The van der Waals surface area contributed by atoms with Crippen molar-refractivity contribution < 1.29 is 4.74 Å². The van der Waals surface area contributed by atoms with Crippen molar-refractivity contribution in [2.24, 2.45) is 0 Å². The summed E-state index contributed by atoms with van der Waals surface area (Å²) in [5.41, 5.74) is 6.47. The maximum absolute atomic E-state index is 6.02. The molecule has 0 amide bonds. The van der Waals surface area contributed by atoms with Crippen LogP contribution in [0.2, 0.25) is 0 Å². The van der Waals surface area contributed by atoms with Crippen molar-refractivity contribution in [1.82, 2.24) is 9.97 Å². The molecule has 6 heteroatoms. The summed E-state index contributed by atoms with van der Waals surface area (Å²) in [6.07, 6.45) is 2.38. The molecule has 0 fully saturated rings. The normalized spacial score (nSPS) is 12.1. The van der Waals surface area contributed by atoms with Gasteiger partial charge in [0.25, 0.3) is 0 Å². The van der Waals surface area contributed by atoms with Gasteiger partial charge in [0.15, 0.2) is 5.82 Å². The molecule has 0 aliphatic carbocycles. The minimum absolute atomic E-state index is 0.149. The third-order valence-corrected chi connectivity index (χ3v) is 3.67. The molecule has 0 spiro atoms. The topological polar surface area (TPSA) is 73.1 Å². The summed E-state index contributed by atoms with van der Waals surface area (Å²) in [7, 11) is 0. The van der Waals surface area contributed by atoms with Gasteiger partial charge in [-0.2, -0.15) is 4.98 Å². The highest BCUT2D eigenvalue weighted by Crippen LogP contribution is 2.29. The first kappa shape index (κ1) is 13.6. The predicted octanol–water partition coefficient (Wildman–Crippen LogP) is 3.08. The van der Waals surface area contributed by atoms with Crippen molar-refractivity contribution in [3.05, 3.63) is 28.7 Å². The van der Waals surface area contributed by atoms with E-state index in [4.69, 9.17) is 10.5 Å². The molecule has 2 rings (SSSR count). The fraction of sp³-hybridized carbons (Fsp3) is 0.385. The molecule has 0 aromatic carbocycles. The van der Waals surface area contributed by atoms with Crippen molar-refractivity contribution in [2.75, 3.05) is 17.7 Å². The van der Waals surface area contributed by atoms with Crippen LogP contribution in [0.1, 0.15) is 31.2 Å². The Labute approximate surface area is 116 Å². The molecule has 2 heterocycles. The molecule has 0 radical (unpaired) electrons. The second kappa shape index (κ2) is 6.38. The molecule has 2 aromatic heterocycles. The average molecular weight is 278 g/mol. The summed E-state index contributed by atoms with van der Waals surface area (Å²) < 4.78 is 5.49. The Hall–Kier alpha value is -1.82. The van der Waals surface area contributed by atoms with Crippen molar-refractivity contribution in [3.8, 4) is 5.88 Å². The van der Waals surface area contributed by atoms with Crippen LogP contribution in [0.4, 0.5) is 11.5 Å². The molecule has 0 saturated carbocycles. The fourth-order valence-corrected chi connectivity index (χ4v) is 2.36. The van der Waals surface area contributed by atoms with E-state index in [9.17, 15) is 0 Å². The van der Waals surface area contributed by atoms with E-state index in [-0.39, 0.29) is 6.04 Å². The predicted molar refractivity (Wildman–Crippen MR) is 78.6 cm³/mol. The van der Waals surface area contributed by atoms with E-state index in [0.717, 1.165) is 6.42 Å². The first-order chi connectivity index (χ1) is 9.22. The number of rotatable bonds is 6. The van der Waals surface area contributed by atoms with E-state index in [0.29, 0.717) is 24.0 Å². The second-order valence-corrected chi connectivity index (χ2v) is 5.15. The van der Waals surface area contributed by atoms with Crippen molar-refractivity contribution >= 4 is 22.8 Å². The van der Waals surface area contributed by atoms with Gasteiger partial charge in [-0.25, -0.2) is 4.98 Å². The van der Waals surface area contributed by atoms with Gasteiger partial charge in [-0.05, 0) is 24.8 Å². The van der Waals surface area contributed by atoms with Gasteiger partial charge >= 0.3 is 0 Å². The van der Waals surface area contributed by atoms with Crippen molar-refractivity contribution in [3.63, 3.8) is 0 Å². The van der Waals surface area contributed by atoms with Gasteiger partial charge in [0.2, 0.25) is 5.88 Å². The number of aromatic nitrogens is 2. The van der Waals surface area contributed by atoms with Crippen LogP contribution in [0.25, 0.3) is 0 Å². The Bertz CT molecular complexity index is 515. The van der Waals surface area contributed by atoms with Crippen LogP contribution in [0, 0.1) is 0 Å². The lowest BCUT2D eigenvalue weighted by molar-refractivity contribution is 0.306. The van der Waals surface area contributed by atoms with Crippen LogP contribution in [0.15, 0.2) is 23.8 Å². The van der Waals surface area contributed by atoms with E-state index >= 15 is 0 Å². The van der Waals surface area contributed by atoms with Gasteiger partial charge in [0.05, 0.1) is 12.6 Å². The Morgan fingerprint density at radius 1 is 1.47 bits per heavy atom. The number of nitrogen functional groups attached to an aromatic ring is 1. The number of nitrogens with zero attached hydrogens (tertiary/aromatic N) is 2. The van der Waals surface area contributed by atoms with Gasteiger partial charge in [0.1, 0.15) is 12.0 Å². The molecule has 2 aromatic rings. The molecule has 102 valence electrons. The number of ether oxygens (including phenoxy) is 1. The molecular weight excluding hydrogens is 260 g/mol. The standard InChI is InChI=1S/C13H18N4OS/c1-3-6-18-13-11(14)12(15-8-16-13)17-9(2)10-5-4-7-19-10/h4-5,7-9H,3,6,14H2,1-2H3,(H,15,16,17). The second-order valence-electron chi connectivity index (χ2n) is 4.17. The van der Waals surface area contributed by atoms with Crippen LogP contribution in [0.5, 0.6) is 5.88 Å². The Kier molecular flexibility index (Phi) is 4.57. The Morgan fingerprint density at radius 3 is 3.00 bits per heavy atom. The molecule has 1 atom stereocenters. The Morgan fingerprint density at radius 2 is 2.32 bits per heavy atom. The van der Waals surface area contributed by atoms with Gasteiger partial charge in [-0.3, -0.25) is 0 Å². The highest BCUT2D eigenvalue weighted by molar-refractivity contribution is 7.10. The zero-order chi connectivity index (χ0) is 13.7. The molecule has 19 heavy (non-hydrogen) atoms. The number of nitrogens with one attached hydrogen (secondary N) is 1. The minimum Gasteiger partial charge on any atom is -0.476 e. The monoisotopic (exact) mass is 278 g/mol. The number of thiophene rings is 1. The van der Waals surface area contributed by atoms with E-state index in [1.54, 1.807) is 11.3 Å². The van der Waals surface area contributed by atoms with E-state index in [2.05, 4.69) is 28.3 Å². The maximum atomic E-state index is 6.02. The van der Waals surface area contributed by atoms with Gasteiger partial charge in [-0.1, -0.05) is 13.0 Å². The number of hydrogen-bond acceptors (Lipinski definition) is 6. The maximum Gasteiger partial charge on any atom is 0.242 e. The SMILES string of the molecule is CCCOc1ncnc(NC(C)c2cccs2)c1N. The Balaban J connectivity index is 2.12. The summed E-state index contributed by atoms with van der Waals surface area (Å²) in [6.45, 7) is 4.70. The van der Waals surface area contributed by atoms with Gasteiger partial charge in [-0.15, -0.1) is 11.3 Å². The van der Waals surface area contributed by atoms with E-state index in [1.165, 1.54) is 11.2 Å². The van der Waals surface area contributed by atoms with Crippen molar-refractivity contribution in [1.29, 1.82) is 0 Å². The summed E-state index contributed by atoms with van der Waals surface area (Å²) in [5, 5.41) is 5.33. The number of nitrogens with two attached hydrogens (primary N) is 1. The van der Waals surface area contributed by atoms with Crippen LogP contribution in [-0.2, 0) is 0 Å². The minimum atomic E-state index is 0.149. The molecule has 0 aliphatic heterocycles. The molecular formula is C13H18N4OS. The average Bonchev–Trinajstić information content (AvgIpc) is 2.94. The highest BCUT2D eigenvalue weighted by atomic mass is 32.1. The lowest BCUT2D eigenvalue weighted by Crippen LogP contribution is -2.11. The lowest BCUT2D eigenvalue weighted by Gasteiger charge is -2.15. The molecule has 1 unspecified atom stereocenters. The van der Waals surface area contributed by atoms with Crippen molar-refractivity contribution in [2.45, 2.75) is 26.3 Å². The van der Waals surface area contributed by atoms with E-state index < -0.39 is 0 Å². The summed E-state index contributed by atoms with van der Waals surface area (Å²) in [5.74, 6) is 1.06. The molecule has 5 nitrogen and oxygen atoms in total. The fourth-order valence-electron chi connectivity index (χ4n) is 1.62. The highest BCUT2D eigenvalue weighted by Gasteiger charge is 2.13. The van der Waals surface area contributed by atoms with Gasteiger partial charge in [0, 0.05) is 4.88 Å². The third-order valence-electron chi connectivity index (χ3n) is 2.61. The zero-order valence-electron chi connectivity index (χ0n) is 11.1. The number of anilines is 2. The van der Waals surface area contributed by atoms with Crippen LogP contribution < -0.4 is 15.8 Å². The van der Waals surface area contributed by atoms with Crippen LogP contribution >= 0.6 is 11.3 Å². The molecule has 0 aliphatic rings. The molecule has 0 saturated heterocycles. The summed E-state index contributed by atoms with van der Waals surface area (Å²) in [4.78, 5) is 9.46. The van der Waals surface area contributed by atoms with Gasteiger partial charge < -0.3 is 15.8 Å². The van der Waals surface area contributed by atoms with Crippen LogP contribution in [0.3, 0.4) is 0 Å². The molecule has 3 N–H and O–H groups in total. The van der Waals surface area contributed by atoms with E-state index in [1.807, 2.05) is 18.4 Å².